The van der Waals surface area contributed by atoms with Crippen molar-refractivity contribution in [2.75, 3.05) is 41.7 Å². The molecule has 5 nitrogen and oxygen atoms in total. The molecule has 0 radical (unpaired) electrons. The van der Waals surface area contributed by atoms with E-state index in [1.54, 1.807) is 0 Å². The fourth-order valence-electron chi connectivity index (χ4n) is 4.73. The Bertz CT molecular complexity index is 924. The van der Waals surface area contributed by atoms with Gasteiger partial charge in [-0.1, -0.05) is 49.8 Å². The second-order valence-corrected chi connectivity index (χ2v) is 9.13. The van der Waals surface area contributed by atoms with Crippen LogP contribution >= 0.6 is 0 Å². The monoisotopic (exact) mass is 403 g/mol. The molecule has 1 unspecified atom stereocenters. The van der Waals surface area contributed by atoms with Crippen LogP contribution in [0.25, 0.3) is 6.08 Å². The number of rotatable bonds is 4. The number of aromatic nitrogens is 2. The van der Waals surface area contributed by atoms with Crippen molar-refractivity contribution in [1.82, 2.24) is 9.97 Å². The summed E-state index contributed by atoms with van der Waals surface area (Å²) in [6.07, 6.45) is 9.16. The Morgan fingerprint density at radius 2 is 1.73 bits per heavy atom. The van der Waals surface area contributed by atoms with Gasteiger partial charge < -0.3 is 15.5 Å². The Morgan fingerprint density at radius 1 is 1.03 bits per heavy atom. The van der Waals surface area contributed by atoms with E-state index in [1.807, 2.05) is 0 Å². The Balaban J connectivity index is 1.47. The van der Waals surface area contributed by atoms with Crippen molar-refractivity contribution in [2.45, 2.75) is 33.6 Å². The number of nitrogen functional groups attached to an aromatic ring is 1. The molecule has 158 valence electrons. The van der Waals surface area contributed by atoms with E-state index in [4.69, 9.17) is 5.73 Å². The molecule has 5 heteroatoms. The number of nitrogens with two attached hydrogens (primary N) is 1. The molecule has 1 fully saturated rings. The van der Waals surface area contributed by atoms with Gasteiger partial charge in [0.2, 0.25) is 5.95 Å². The quantitative estimate of drug-likeness (QED) is 0.745. The molecule has 2 aliphatic rings. The minimum atomic E-state index is 0.268. The maximum atomic E-state index is 6.07. The molecule has 1 aliphatic heterocycles. The lowest BCUT2D eigenvalue weighted by Gasteiger charge is -2.37. The molecular formula is C25H33N5. The molecule has 1 atom stereocenters. The van der Waals surface area contributed by atoms with Gasteiger partial charge in [-0.3, -0.25) is 0 Å². The second-order valence-electron chi connectivity index (χ2n) is 9.13. The normalized spacial score (nSPS) is 21.7. The highest BCUT2D eigenvalue weighted by Gasteiger charge is 2.30. The standard InChI is InChI=1S/C25H33N5/c1-19-8-7-13-25(2,3)22(19)12-11-20-18-23(28-24(26)27-20)30-16-14-29(15-17-30)21-9-5-4-6-10-21/h4-6,8-12,18,22H,7,13-17H2,1-3H3,(H2,26,27,28)/b12-11+. The molecule has 1 aromatic heterocycles. The fourth-order valence-corrected chi connectivity index (χ4v) is 4.73. The molecular weight excluding hydrogens is 370 g/mol. The summed E-state index contributed by atoms with van der Waals surface area (Å²) in [5.41, 5.74) is 9.95. The Morgan fingerprint density at radius 3 is 2.43 bits per heavy atom. The van der Waals surface area contributed by atoms with E-state index in [1.165, 1.54) is 24.1 Å². The summed E-state index contributed by atoms with van der Waals surface area (Å²) in [5, 5.41) is 0. The van der Waals surface area contributed by atoms with Crippen LogP contribution in [0.4, 0.5) is 17.5 Å². The summed E-state index contributed by atoms with van der Waals surface area (Å²) in [6.45, 7) is 10.7. The first kappa shape index (κ1) is 20.5. The van der Waals surface area contributed by atoms with Gasteiger partial charge in [-0.15, -0.1) is 0 Å². The Hall–Kier alpha value is -2.82. The molecule has 2 aromatic rings. The van der Waals surface area contributed by atoms with Crippen LogP contribution in [-0.2, 0) is 0 Å². The zero-order valence-corrected chi connectivity index (χ0v) is 18.4. The summed E-state index contributed by atoms with van der Waals surface area (Å²) in [6, 6.07) is 12.7. The van der Waals surface area contributed by atoms with Gasteiger partial charge in [0, 0.05) is 43.9 Å². The number of anilines is 3. The molecule has 30 heavy (non-hydrogen) atoms. The van der Waals surface area contributed by atoms with Crippen molar-refractivity contribution in [3.8, 4) is 0 Å². The lowest BCUT2D eigenvalue weighted by molar-refractivity contribution is 0.256. The SMILES string of the molecule is CC1=CCCC(C)(C)C1/C=C/c1cc(N2CCN(c3ccccc3)CC2)nc(N)n1. The molecule has 1 aromatic carbocycles. The van der Waals surface area contributed by atoms with E-state index in [9.17, 15) is 0 Å². The minimum absolute atomic E-state index is 0.268. The van der Waals surface area contributed by atoms with Gasteiger partial charge in [0.15, 0.2) is 0 Å². The molecule has 0 spiro atoms. The zero-order valence-electron chi connectivity index (χ0n) is 18.4. The minimum Gasteiger partial charge on any atom is -0.368 e. The molecule has 0 saturated carbocycles. The van der Waals surface area contributed by atoms with Gasteiger partial charge in [0.05, 0.1) is 5.69 Å². The van der Waals surface area contributed by atoms with Crippen molar-refractivity contribution in [3.63, 3.8) is 0 Å². The lowest BCUT2D eigenvalue weighted by Crippen LogP contribution is -2.46. The zero-order chi connectivity index (χ0) is 21.1. The first-order valence-corrected chi connectivity index (χ1v) is 11.0. The average Bonchev–Trinajstić information content (AvgIpc) is 2.73. The van der Waals surface area contributed by atoms with Crippen LogP contribution in [0.2, 0.25) is 0 Å². The summed E-state index contributed by atoms with van der Waals surface area (Å²) in [5.74, 6) is 1.69. The van der Waals surface area contributed by atoms with Crippen molar-refractivity contribution < 1.29 is 0 Å². The van der Waals surface area contributed by atoms with Crippen molar-refractivity contribution in [2.24, 2.45) is 11.3 Å². The predicted molar refractivity (Wildman–Crippen MR) is 127 cm³/mol. The van der Waals surface area contributed by atoms with Gasteiger partial charge in [-0.25, -0.2) is 4.98 Å². The van der Waals surface area contributed by atoms with Crippen LogP contribution in [0.15, 0.2) is 54.1 Å². The van der Waals surface area contributed by atoms with E-state index < -0.39 is 0 Å². The highest BCUT2D eigenvalue weighted by atomic mass is 15.3. The molecule has 1 saturated heterocycles. The van der Waals surface area contributed by atoms with E-state index in [0.29, 0.717) is 11.9 Å². The van der Waals surface area contributed by atoms with E-state index in [-0.39, 0.29) is 5.41 Å². The Labute approximate surface area is 180 Å². The third kappa shape index (κ3) is 4.50. The van der Waals surface area contributed by atoms with Crippen LogP contribution in [0.5, 0.6) is 0 Å². The number of piperazine rings is 1. The first-order valence-electron chi connectivity index (χ1n) is 11.0. The smallest absolute Gasteiger partial charge is 0.222 e. The fraction of sp³-hybridized carbons (Fsp3) is 0.440. The van der Waals surface area contributed by atoms with Gasteiger partial charge in [0.25, 0.3) is 0 Å². The summed E-state index contributed by atoms with van der Waals surface area (Å²) in [4.78, 5) is 13.7. The molecule has 4 rings (SSSR count). The van der Waals surface area contributed by atoms with E-state index >= 15 is 0 Å². The van der Waals surface area contributed by atoms with Crippen molar-refractivity contribution in [3.05, 3.63) is 59.8 Å². The van der Waals surface area contributed by atoms with Crippen LogP contribution < -0.4 is 15.5 Å². The van der Waals surface area contributed by atoms with Gasteiger partial charge in [0.1, 0.15) is 5.82 Å². The number of hydrogen-bond donors (Lipinski definition) is 1. The molecule has 0 bridgehead atoms. The van der Waals surface area contributed by atoms with Gasteiger partial charge >= 0.3 is 0 Å². The van der Waals surface area contributed by atoms with Gasteiger partial charge in [-0.05, 0) is 43.4 Å². The largest absolute Gasteiger partial charge is 0.368 e. The van der Waals surface area contributed by atoms with Gasteiger partial charge in [-0.2, -0.15) is 4.98 Å². The highest BCUT2D eigenvalue weighted by Crippen LogP contribution is 2.41. The van der Waals surface area contributed by atoms with Crippen molar-refractivity contribution >= 4 is 23.5 Å². The molecule has 2 N–H and O–H groups in total. The van der Waals surface area contributed by atoms with Crippen LogP contribution in [-0.4, -0.2) is 36.1 Å². The van der Waals surface area contributed by atoms with Crippen LogP contribution in [0.3, 0.4) is 0 Å². The number of nitrogens with zero attached hydrogens (tertiary/aromatic N) is 4. The predicted octanol–water partition coefficient (Wildman–Crippen LogP) is 4.78. The average molecular weight is 404 g/mol. The maximum absolute atomic E-state index is 6.07. The van der Waals surface area contributed by atoms with Crippen molar-refractivity contribution in [1.29, 1.82) is 0 Å². The third-order valence-electron chi connectivity index (χ3n) is 6.52. The van der Waals surface area contributed by atoms with Crippen LogP contribution in [0, 0.1) is 11.3 Å². The van der Waals surface area contributed by atoms with E-state index in [2.05, 4.69) is 95.2 Å². The summed E-state index contributed by atoms with van der Waals surface area (Å²) < 4.78 is 0. The number of para-hydroxylation sites is 1. The Kier molecular flexibility index (Phi) is 5.80. The number of hydrogen-bond acceptors (Lipinski definition) is 5. The summed E-state index contributed by atoms with van der Waals surface area (Å²) in [7, 11) is 0. The molecule has 1 aliphatic carbocycles. The number of allylic oxidation sites excluding steroid dienone is 3. The molecule has 2 heterocycles. The molecule has 0 amide bonds. The first-order chi connectivity index (χ1) is 14.4. The third-order valence-corrected chi connectivity index (χ3v) is 6.52. The lowest BCUT2D eigenvalue weighted by atomic mass is 9.68. The number of benzene rings is 1. The van der Waals surface area contributed by atoms with E-state index in [0.717, 1.165) is 37.7 Å². The highest BCUT2D eigenvalue weighted by molar-refractivity contribution is 5.56. The van der Waals surface area contributed by atoms with Crippen LogP contribution in [0.1, 0.15) is 39.3 Å². The maximum Gasteiger partial charge on any atom is 0.222 e. The summed E-state index contributed by atoms with van der Waals surface area (Å²) >= 11 is 0. The second kappa shape index (κ2) is 8.50. The topological polar surface area (TPSA) is 58.3 Å².